The van der Waals surface area contributed by atoms with Crippen LogP contribution in [0.15, 0.2) is 53.9 Å². The number of hydrogen-bond acceptors (Lipinski definition) is 3. The molecular weight excluding hydrogens is 383 g/mol. The lowest BCUT2D eigenvalue weighted by molar-refractivity contribution is -0.120. The number of hydrogen-bond donors (Lipinski definition) is 0. The maximum absolute atomic E-state index is 13.4. The Balaban J connectivity index is 1.59. The van der Waals surface area contributed by atoms with E-state index in [1.54, 1.807) is 28.4 Å². The van der Waals surface area contributed by atoms with E-state index < -0.39 is 0 Å². The number of thiazole rings is 1. The SMILES string of the molecule is Cc1nc(CN(C(=O)C2CC2c2ccccc2Cl)c2ccc(F)cc2)cs1. The lowest BCUT2D eigenvalue weighted by atomic mass is 10.1. The molecule has 1 aliphatic rings. The van der Waals surface area contributed by atoms with Crippen molar-refractivity contribution in [2.75, 3.05) is 4.90 Å². The molecule has 138 valence electrons. The van der Waals surface area contributed by atoms with Crippen molar-refractivity contribution in [2.45, 2.75) is 25.8 Å². The van der Waals surface area contributed by atoms with Gasteiger partial charge in [-0.15, -0.1) is 11.3 Å². The molecule has 1 aliphatic carbocycles. The Hall–Kier alpha value is -2.24. The van der Waals surface area contributed by atoms with Gasteiger partial charge in [0.05, 0.1) is 17.2 Å². The van der Waals surface area contributed by atoms with Crippen LogP contribution in [0.5, 0.6) is 0 Å². The largest absolute Gasteiger partial charge is 0.306 e. The maximum atomic E-state index is 13.4. The zero-order valence-electron chi connectivity index (χ0n) is 14.7. The topological polar surface area (TPSA) is 33.2 Å². The molecule has 0 saturated heterocycles. The Morgan fingerprint density at radius 2 is 2.00 bits per heavy atom. The molecule has 0 aliphatic heterocycles. The van der Waals surface area contributed by atoms with E-state index in [1.165, 1.54) is 12.1 Å². The fraction of sp³-hybridized carbons (Fsp3) is 0.238. The van der Waals surface area contributed by atoms with Crippen molar-refractivity contribution in [2.24, 2.45) is 5.92 Å². The summed E-state index contributed by atoms with van der Waals surface area (Å²) in [6.07, 6.45) is 0.774. The van der Waals surface area contributed by atoms with Crippen LogP contribution in [0, 0.1) is 18.7 Å². The number of nitrogens with zero attached hydrogens (tertiary/aromatic N) is 2. The van der Waals surface area contributed by atoms with Crippen LogP contribution in [-0.2, 0) is 11.3 Å². The molecule has 1 saturated carbocycles. The summed E-state index contributed by atoms with van der Waals surface area (Å²) in [4.78, 5) is 19.4. The van der Waals surface area contributed by atoms with Gasteiger partial charge in [0.15, 0.2) is 0 Å². The fourth-order valence-corrected chi connectivity index (χ4v) is 4.23. The second-order valence-electron chi connectivity index (χ2n) is 6.73. The van der Waals surface area contributed by atoms with E-state index >= 15 is 0 Å². The molecule has 0 N–H and O–H groups in total. The van der Waals surface area contributed by atoms with E-state index in [4.69, 9.17) is 11.6 Å². The van der Waals surface area contributed by atoms with Crippen molar-refractivity contribution in [3.05, 3.63) is 81.0 Å². The molecule has 3 nitrogen and oxygen atoms in total. The van der Waals surface area contributed by atoms with Crippen LogP contribution in [0.25, 0.3) is 0 Å². The minimum Gasteiger partial charge on any atom is -0.306 e. The standard InChI is InChI=1S/C21H18ClFN2OS/c1-13-24-15(12-27-13)11-25(16-8-6-14(23)7-9-16)21(26)19-10-18(19)17-4-2-3-5-20(17)22/h2-9,12,18-19H,10-11H2,1H3. The molecule has 3 aromatic rings. The zero-order valence-corrected chi connectivity index (χ0v) is 16.3. The lowest BCUT2D eigenvalue weighted by Crippen LogP contribution is -2.32. The van der Waals surface area contributed by atoms with Gasteiger partial charge in [0.25, 0.3) is 0 Å². The highest BCUT2D eigenvalue weighted by Crippen LogP contribution is 2.50. The number of benzene rings is 2. The summed E-state index contributed by atoms with van der Waals surface area (Å²) in [5.41, 5.74) is 2.53. The van der Waals surface area contributed by atoms with Crippen molar-refractivity contribution in [1.29, 1.82) is 0 Å². The number of carbonyl (C=O) groups excluding carboxylic acids is 1. The molecule has 1 fully saturated rings. The number of rotatable bonds is 5. The van der Waals surface area contributed by atoms with E-state index in [0.29, 0.717) is 17.3 Å². The van der Waals surface area contributed by atoms with Crippen LogP contribution in [0.4, 0.5) is 10.1 Å². The molecule has 0 bridgehead atoms. The molecule has 2 unspecified atom stereocenters. The van der Waals surface area contributed by atoms with Crippen molar-refractivity contribution in [3.63, 3.8) is 0 Å². The summed E-state index contributed by atoms with van der Waals surface area (Å²) in [7, 11) is 0. The van der Waals surface area contributed by atoms with Gasteiger partial charge in [-0.05, 0) is 55.2 Å². The predicted octanol–water partition coefficient (Wildman–Crippen LogP) is 5.58. The Morgan fingerprint density at radius 1 is 1.26 bits per heavy atom. The summed E-state index contributed by atoms with van der Waals surface area (Å²) in [5.74, 6) is -0.283. The number of amides is 1. The van der Waals surface area contributed by atoms with E-state index in [9.17, 15) is 9.18 Å². The van der Waals surface area contributed by atoms with Gasteiger partial charge in [-0.25, -0.2) is 9.37 Å². The Kier molecular flexibility index (Phi) is 4.98. The molecule has 4 rings (SSSR count). The molecule has 1 amide bonds. The quantitative estimate of drug-likeness (QED) is 0.560. The maximum Gasteiger partial charge on any atom is 0.231 e. The molecule has 6 heteroatoms. The summed E-state index contributed by atoms with van der Waals surface area (Å²) < 4.78 is 13.4. The Morgan fingerprint density at radius 3 is 2.67 bits per heavy atom. The molecule has 0 radical (unpaired) electrons. The lowest BCUT2D eigenvalue weighted by Gasteiger charge is -2.22. The Labute approximate surface area is 166 Å². The first kappa shape index (κ1) is 18.1. The van der Waals surface area contributed by atoms with Crippen molar-refractivity contribution < 1.29 is 9.18 Å². The third-order valence-corrected chi connectivity index (χ3v) is 5.97. The third kappa shape index (κ3) is 3.89. The van der Waals surface area contributed by atoms with Crippen LogP contribution in [-0.4, -0.2) is 10.9 Å². The van der Waals surface area contributed by atoms with E-state index in [0.717, 1.165) is 22.7 Å². The van der Waals surface area contributed by atoms with Gasteiger partial charge in [0, 0.05) is 22.0 Å². The van der Waals surface area contributed by atoms with Gasteiger partial charge < -0.3 is 4.90 Å². The van der Waals surface area contributed by atoms with E-state index in [2.05, 4.69) is 4.98 Å². The first-order chi connectivity index (χ1) is 13.0. The molecule has 1 heterocycles. The molecule has 27 heavy (non-hydrogen) atoms. The predicted molar refractivity (Wildman–Crippen MR) is 107 cm³/mol. The first-order valence-corrected chi connectivity index (χ1v) is 10.0. The fourth-order valence-electron chi connectivity index (χ4n) is 3.35. The molecule has 1 aromatic heterocycles. The van der Waals surface area contributed by atoms with Gasteiger partial charge in [-0.3, -0.25) is 4.79 Å². The van der Waals surface area contributed by atoms with Crippen LogP contribution >= 0.6 is 22.9 Å². The highest BCUT2D eigenvalue weighted by atomic mass is 35.5. The van der Waals surface area contributed by atoms with Gasteiger partial charge in [0.1, 0.15) is 5.82 Å². The third-order valence-electron chi connectivity index (χ3n) is 4.80. The molecular formula is C21H18ClFN2OS. The average molecular weight is 401 g/mol. The number of carbonyl (C=O) groups is 1. The van der Waals surface area contributed by atoms with Gasteiger partial charge in [0.2, 0.25) is 5.91 Å². The van der Waals surface area contributed by atoms with Gasteiger partial charge >= 0.3 is 0 Å². The second-order valence-corrected chi connectivity index (χ2v) is 8.20. The summed E-state index contributed by atoms with van der Waals surface area (Å²) in [6, 6.07) is 13.7. The van der Waals surface area contributed by atoms with Crippen molar-refractivity contribution in [3.8, 4) is 0 Å². The highest BCUT2D eigenvalue weighted by Gasteiger charge is 2.46. The monoisotopic (exact) mass is 400 g/mol. The van der Waals surface area contributed by atoms with Crippen LogP contribution in [0.1, 0.15) is 28.6 Å². The highest BCUT2D eigenvalue weighted by molar-refractivity contribution is 7.09. The van der Waals surface area contributed by atoms with E-state index in [-0.39, 0.29) is 23.6 Å². The summed E-state index contributed by atoms with van der Waals surface area (Å²) in [5, 5.41) is 3.61. The normalized spacial score (nSPS) is 18.3. The minimum atomic E-state index is -0.323. The van der Waals surface area contributed by atoms with Crippen LogP contribution in [0.3, 0.4) is 0 Å². The van der Waals surface area contributed by atoms with E-state index in [1.807, 2.05) is 36.6 Å². The number of anilines is 1. The molecule has 2 atom stereocenters. The van der Waals surface area contributed by atoms with Crippen molar-refractivity contribution in [1.82, 2.24) is 4.98 Å². The number of halogens is 2. The van der Waals surface area contributed by atoms with Gasteiger partial charge in [-0.1, -0.05) is 29.8 Å². The minimum absolute atomic E-state index is 0.0252. The first-order valence-electron chi connectivity index (χ1n) is 8.75. The summed E-state index contributed by atoms with van der Waals surface area (Å²) >= 11 is 7.85. The Bertz CT molecular complexity index is 972. The second kappa shape index (κ2) is 7.41. The van der Waals surface area contributed by atoms with Crippen LogP contribution in [0.2, 0.25) is 5.02 Å². The summed E-state index contributed by atoms with van der Waals surface area (Å²) in [6.45, 7) is 2.31. The number of aromatic nitrogens is 1. The smallest absolute Gasteiger partial charge is 0.231 e. The van der Waals surface area contributed by atoms with Crippen LogP contribution < -0.4 is 4.90 Å². The number of aryl methyl sites for hydroxylation is 1. The zero-order chi connectivity index (χ0) is 19.0. The van der Waals surface area contributed by atoms with Gasteiger partial charge in [-0.2, -0.15) is 0 Å². The molecule has 2 aromatic carbocycles. The molecule has 0 spiro atoms. The average Bonchev–Trinajstić information content (AvgIpc) is 3.35. The van der Waals surface area contributed by atoms with Crippen molar-refractivity contribution >= 4 is 34.5 Å².